The second-order valence-corrected chi connectivity index (χ2v) is 3.62. The predicted octanol–water partition coefficient (Wildman–Crippen LogP) is 3.16. The van der Waals surface area contributed by atoms with E-state index in [1.165, 1.54) is 6.07 Å². The Morgan fingerprint density at radius 2 is 2.00 bits per heavy atom. The van der Waals surface area contributed by atoms with E-state index in [0.29, 0.717) is 16.7 Å². The summed E-state index contributed by atoms with van der Waals surface area (Å²) >= 11 is 0. The smallest absolute Gasteiger partial charge is 0.221 e. The Morgan fingerprint density at radius 3 is 2.73 bits per heavy atom. The van der Waals surface area contributed by atoms with Crippen LogP contribution in [0, 0.1) is 5.82 Å². The maximum absolute atomic E-state index is 13.4. The number of benzene rings is 1. The number of fused-ring (bicyclic) bond motifs is 1. The van der Waals surface area contributed by atoms with E-state index in [4.69, 9.17) is 4.74 Å². The number of rotatable bonds is 2. The first-order valence-electron chi connectivity index (χ1n) is 4.88. The summed E-state index contributed by atoms with van der Waals surface area (Å²) in [6, 6.07) is 6.55. The highest BCUT2D eigenvalue weighted by atomic mass is 19.1. The monoisotopic (exact) mass is 205 g/mol. The summed E-state index contributed by atoms with van der Waals surface area (Å²) in [5.41, 5.74) is 0. The van der Waals surface area contributed by atoms with E-state index in [0.717, 1.165) is 0 Å². The molecule has 0 N–H and O–H groups in total. The Balaban J connectivity index is 2.61. The Labute approximate surface area is 87.7 Å². The average Bonchev–Trinajstić information content (AvgIpc) is 2.19. The molecule has 78 valence electrons. The number of hydrogen-bond acceptors (Lipinski definition) is 2. The van der Waals surface area contributed by atoms with Gasteiger partial charge in [0.1, 0.15) is 5.82 Å². The minimum atomic E-state index is -0.247. The summed E-state index contributed by atoms with van der Waals surface area (Å²) < 4.78 is 18.9. The Morgan fingerprint density at radius 1 is 1.20 bits per heavy atom. The lowest BCUT2D eigenvalue weighted by Gasteiger charge is -2.10. The fourth-order valence-corrected chi connectivity index (χ4v) is 1.46. The molecule has 0 radical (unpaired) electrons. The molecule has 1 aromatic carbocycles. The molecule has 1 heterocycles. The van der Waals surface area contributed by atoms with Crippen LogP contribution in [0.4, 0.5) is 4.39 Å². The lowest BCUT2D eigenvalue weighted by molar-refractivity contribution is 0.236. The third-order valence-corrected chi connectivity index (χ3v) is 2.06. The molecule has 2 rings (SSSR count). The molecular formula is C12H12FNO. The molecule has 2 nitrogen and oxygen atoms in total. The minimum absolute atomic E-state index is 0.0337. The molecule has 0 unspecified atom stereocenters. The van der Waals surface area contributed by atoms with E-state index in [2.05, 4.69) is 4.98 Å². The van der Waals surface area contributed by atoms with Gasteiger partial charge in [-0.2, -0.15) is 0 Å². The van der Waals surface area contributed by atoms with E-state index in [9.17, 15) is 4.39 Å². The topological polar surface area (TPSA) is 22.1 Å². The van der Waals surface area contributed by atoms with Crippen LogP contribution < -0.4 is 4.74 Å². The SMILES string of the molecule is CC(C)Oc1nccc2c(F)cccc12. The molecular weight excluding hydrogens is 193 g/mol. The minimum Gasteiger partial charge on any atom is -0.475 e. The van der Waals surface area contributed by atoms with E-state index in [1.54, 1.807) is 18.3 Å². The van der Waals surface area contributed by atoms with E-state index >= 15 is 0 Å². The Bertz CT molecular complexity index is 482. The van der Waals surface area contributed by atoms with Gasteiger partial charge in [-0.25, -0.2) is 9.37 Å². The molecule has 2 aromatic rings. The number of nitrogens with zero attached hydrogens (tertiary/aromatic N) is 1. The molecule has 3 heteroatoms. The summed E-state index contributed by atoms with van der Waals surface area (Å²) in [4.78, 5) is 4.10. The van der Waals surface area contributed by atoms with Crippen LogP contribution in [0.1, 0.15) is 13.8 Å². The number of pyridine rings is 1. The lowest BCUT2D eigenvalue weighted by Crippen LogP contribution is -2.07. The molecule has 1 aromatic heterocycles. The van der Waals surface area contributed by atoms with Crippen LogP contribution in [0.5, 0.6) is 5.88 Å². The fraction of sp³-hybridized carbons (Fsp3) is 0.250. The summed E-state index contributed by atoms with van der Waals surface area (Å²) in [6.45, 7) is 3.83. The van der Waals surface area contributed by atoms with Crippen LogP contribution >= 0.6 is 0 Å². The molecule has 0 spiro atoms. The molecule has 0 aliphatic rings. The highest BCUT2D eigenvalue weighted by molar-refractivity contribution is 5.87. The molecule has 0 fully saturated rings. The van der Waals surface area contributed by atoms with Gasteiger partial charge >= 0.3 is 0 Å². The standard InChI is InChI=1S/C12H12FNO/c1-8(2)15-12-10-4-3-5-11(13)9(10)6-7-14-12/h3-8H,1-2H3. The predicted molar refractivity (Wildman–Crippen MR) is 57.5 cm³/mol. The van der Waals surface area contributed by atoms with Gasteiger partial charge in [0.05, 0.1) is 6.10 Å². The van der Waals surface area contributed by atoms with E-state index in [-0.39, 0.29) is 11.9 Å². The molecule has 0 saturated heterocycles. The van der Waals surface area contributed by atoms with Crippen molar-refractivity contribution in [1.29, 1.82) is 0 Å². The number of ether oxygens (including phenoxy) is 1. The van der Waals surface area contributed by atoms with Crippen molar-refractivity contribution in [2.45, 2.75) is 20.0 Å². The molecule has 0 atom stereocenters. The zero-order valence-electron chi connectivity index (χ0n) is 8.70. The molecule has 15 heavy (non-hydrogen) atoms. The van der Waals surface area contributed by atoms with Gasteiger partial charge in [0.2, 0.25) is 5.88 Å². The van der Waals surface area contributed by atoms with Gasteiger partial charge in [-0.3, -0.25) is 0 Å². The summed E-state index contributed by atoms with van der Waals surface area (Å²) in [5.74, 6) is 0.241. The van der Waals surface area contributed by atoms with Crippen LogP contribution in [0.3, 0.4) is 0 Å². The normalized spacial score (nSPS) is 10.9. The van der Waals surface area contributed by atoms with Gasteiger partial charge in [-0.05, 0) is 32.0 Å². The quantitative estimate of drug-likeness (QED) is 0.751. The van der Waals surface area contributed by atoms with Crippen molar-refractivity contribution < 1.29 is 9.13 Å². The van der Waals surface area contributed by atoms with Crippen LogP contribution in [0.15, 0.2) is 30.5 Å². The van der Waals surface area contributed by atoms with Crippen molar-refractivity contribution in [2.75, 3.05) is 0 Å². The van der Waals surface area contributed by atoms with Gasteiger partial charge < -0.3 is 4.74 Å². The van der Waals surface area contributed by atoms with Gasteiger partial charge in [0.15, 0.2) is 0 Å². The van der Waals surface area contributed by atoms with Gasteiger partial charge in [0.25, 0.3) is 0 Å². The van der Waals surface area contributed by atoms with E-state index in [1.807, 2.05) is 19.9 Å². The van der Waals surface area contributed by atoms with Crippen molar-refractivity contribution in [3.05, 3.63) is 36.3 Å². The highest BCUT2D eigenvalue weighted by Gasteiger charge is 2.07. The van der Waals surface area contributed by atoms with Crippen LogP contribution in [0.2, 0.25) is 0 Å². The number of aromatic nitrogens is 1. The van der Waals surface area contributed by atoms with Crippen LogP contribution in [-0.2, 0) is 0 Å². The number of hydrogen-bond donors (Lipinski definition) is 0. The van der Waals surface area contributed by atoms with Gasteiger partial charge in [-0.1, -0.05) is 6.07 Å². The maximum atomic E-state index is 13.4. The van der Waals surface area contributed by atoms with Crippen molar-refractivity contribution in [2.24, 2.45) is 0 Å². The molecule has 0 aliphatic heterocycles. The fourth-order valence-electron chi connectivity index (χ4n) is 1.46. The zero-order chi connectivity index (χ0) is 10.8. The molecule has 0 amide bonds. The van der Waals surface area contributed by atoms with Crippen molar-refractivity contribution in [3.63, 3.8) is 0 Å². The average molecular weight is 205 g/mol. The summed E-state index contributed by atoms with van der Waals surface area (Å²) in [5, 5.41) is 1.26. The third kappa shape index (κ3) is 1.91. The first-order chi connectivity index (χ1) is 7.18. The Hall–Kier alpha value is -1.64. The van der Waals surface area contributed by atoms with Crippen LogP contribution in [0.25, 0.3) is 10.8 Å². The second kappa shape index (κ2) is 3.85. The van der Waals surface area contributed by atoms with Crippen LogP contribution in [-0.4, -0.2) is 11.1 Å². The Kier molecular flexibility index (Phi) is 2.54. The third-order valence-electron chi connectivity index (χ3n) is 2.06. The molecule has 0 bridgehead atoms. The maximum Gasteiger partial charge on any atom is 0.221 e. The first kappa shape index (κ1) is 9.90. The summed E-state index contributed by atoms with van der Waals surface area (Å²) in [6.07, 6.45) is 1.59. The second-order valence-electron chi connectivity index (χ2n) is 3.62. The van der Waals surface area contributed by atoms with Gasteiger partial charge in [-0.15, -0.1) is 0 Å². The van der Waals surface area contributed by atoms with Crippen molar-refractivity contribution in [3.8, 4) is 5.88 Å². The largest absolute Gasteiger partial charge is 0.475 e. The molecule has 0 saturated carbocycles. The van der Waals surface area contributed by atoms with Crippen molar-refractivity contribution >= 4 is 10.8 Å². The molecule has 0 aliphatic carbocycles. The van der Waals surface area contributed by atoms with Crippen molar-refractivity contribution in [1.82, 2.24) is 4.98 Å². The van der Waals surface area contributed by atoms with E-state index < -0.39 is 0 Å². The lowest BCUT2D eigenvalue weighted by atomic mass is 10.1. The van der Waals surface area contributed by atoms with Gasteiger partial charge in [0, 0.05) is 17.0 Å². The number of halogens is 1. The zero-order valence-corrected chi connectivity index (χ0v) is 8.70. The highest BCUT2D eigenvalue weighted by Crippen LogP contribution is 2.25. The first-order valence-corrected chi connectivity index (χ1v) is 4.88. The summed E-state index contributed by atoms with van der Waals surface area (Å²) in [7, 11) is 0.